The van der Waals surface area contributed by atoms with Crippen LogP contribution in [0.1, 0.15) is 41.0 Å². The van der Waals surface area contributed by atoms with Crippen LogP contribution < -0.4 is 0 Å². The molecule has 16 heavy (non-hydrogen) atoms. The van der Waals surface area contributed by atoms with Crippen LogP contribution in [0.3, 0.4) is 0 Å². The third kappa shape index (κ3) is 2.83. The molecule has 0 unspecified atom stereocenters. The zero-order valence-electron chi connectivity index (χ0n) is 11.2. The van der Waals surface area contributed by atoms with Crippen LogP contribution in [0.5, 0.6) is 0 Å². The van der Waals surface area contributed by atoms with Gasteiger partial charge in [0, 0.05) is 25.1 Å². The molecule has 0 saturated carbocycles. The van der Waals surface area contributed by atoms with E-state index in [-0.39, 0.29) is 18.1 Å². The van der Waals surface area contributed by atoms with Gasteiger partial charge in [-0.2, -0.15) is 0 Å². The Hall–Kier alpha value is -0.410. The van der Waals surface area contributed by atoms with E-state index in [0.29, 0.717) is 18.4 Å². The summed E-state index contributed by atoms with van der Waals surface area (Å²) >= 11 is 0. The van der Waals surface area contributed by atoms with Gasteiger partial charge in [0.25, 0.3) is 0 Å². The molecule has 0 aromatic carbocycles. The molecule has 1 aliphatic heterocycles. The van der Waals surface area contributed by atoms with Crippen molar-refractivity contribution in [1.29, 1.82) is 0 Å². The summed E-state index contributed by atoms with van der Waals surface area (Å²) in [5.74, 6) is 0.414. The quantitative estimate of drug-likeness (QED) is 0.720. The van der Waals surface area contributed by atoms with Crippen LogP contribution in [-0.2, 0) is 9.53 Å². The van der Waals surface area contributed by atoms with Gasteiger partial charge >= 0.3 is 0 Å². The average Bonchev–Trinajstić information content (AvgIpc) is 2.61. The average molecular weight is 227 g/mol. The van der Waals surface area contributed by atoms with Crippen LogP contribution in [0.4, 0.5) is 0 Å². The van der Waals surface area contributed by atoms with Gasteiger partial charge in [-0.1, -0.05) is 13.8 Å². The first-order chi connectivity index (χ1) is 7.49. The zero-order valence-corrected chi connectivity index (χ0v) is 11.2. The molecule has 1 heterocycles. The lowest BCUT2D eigenvalue weighted by Crippen LogP contribution is -2.47. The van der Waals surface area contributed by atoms with Crippen LogP contribution in [-0.4, -0.2) is 42.0 Å². The maximum absolute atomic E-state index is 12.2. The van der Waals surface area contributed by atoms with Crippen LogP contribution >= 0.6 is 0 Å². The van der Waals surface area contributed by atoms with E-state index in [4.69, 9.17) is 4.74 Å². The Labute approximate surface area is 99.1 Å². The highest BCUT2D eigenvalue weighted by Gasteiger charge is 2.41. The molecule has 1 rings (SSSR count). The third-order valence-electron chi connectivity index (χ3n) is 3.29. The number of hydrogen-bond donors (Lipinski definition) is 0. The fraction of sp³-hybridized carbons (Fsp3) is 0.923. The Morgan fingerprint density at radius 3 is 2.44 bits per heavy atom. The van der Waals surface area contributed by atoms with Crippen LogP contribution in [0.25, 0.3) is 0 Å². The molecule has 0 aliphatic carbocycles. The van der Waals surface area contributed by atoms with Crippen molar-refractivity contribution in [2.75, 3.05) is 13.2 Å². The van der Waals surface area contributed by atoms with Crippen molar-refractivity contribution in [1.82, 2.24) is 4.90 Å². The van der Waals surface area contributed by atoms with E-state index in [1.165, 1.54) is 0 Å². The summed E-state index contributed by atoms with van der Waals surface area (Å²) in [6, 6.07) is 0.387. The molecular weight excluding hydrogens is 202 g/mol. The number of rotatable bonds is 5. The summed E-state index contributed by atoms with van der Waals surface area (Å²) in [7, 11) is 0. The van der Waals surface area contributed by atoms with Crippen molar-refractivity contribution >= 4 is 5.78 Å². The first-order valence-corrected chi connectivity index (χ1v) is 6.40. The fourth-order valence-electron chi connectivity index (χ4n) is 2.44. The largest absolute Gasteiger partial charge is 0.376 e. The number of carbonyl (C=O) groups is 1. The van der Waals surface area contributed by atoms with Gasteiger partial charge in [0.1, 0.15) is 0 Å². The minimum absolute atomic E-state index is 0.0278. The van der Waals surface area contributed by atoms with Gasteiger partial charge in [-0.15, -0.1) is 0 Å². The van der Waals surface area contributed by atoms with Crippen molar-refractivity contribution in [2.45, 2.75) is 59.2 Å². The Morgan fingerprint density at radius 2 is 2.00 bits per heavy atom. The number of nitrogens with zero attached hydrogens (tertiary/aromatic N) is 1. The Bertz CT molecular complexity index is 238. The molecule has 0 N–H and O–H groups in total. The van der Waals surface area contributed by atoms with Crippen LogP contribution in [0.15, 0.2) is 0 Å². The van der Waals surface area contributed by atoms with E-state index in [2.05, 4.69) is 18.7 Å². The number of ether oxygens (including phenoxy) is 1. The standard InChI is InChI=1S/C13H25NO2/c1-6-16-11-7-8-14(10(4)5)12(11)13(15)9(2)3/h9-12H,6-8H2,1-5H3/t11-,12-/m0/s1. The molecule has 0 aromatic heterocycles. The van der Waals surface area contributed by atoms with Crippen LogP contribution in [0.2, 0.25) is 0 Å². The molecule has 0 aromatic rings. The van der Waals surface area contributed by atoms with Gasteiger partial charge in [-0.3, -0.25) is 9.69 Å². The number of Topliss-reactive ketones (excluding diaryl/α,β-unsaturated/α-hetero) is 1. The topological polar surface area (TPSA) is 29.5 Å². The smallest absolute Gasteiger partial charge is 0.155 e. The minimum atomic E-state index is -0.0278. The maximum atomic E-state index is 12.2. The predicted molar refractivity (Wildman–Crippen MR) is 65.5 cm³/mol. The minimum Gasteiger partial charge on any atom is -0.376 e. The summed E-state index contributed by atoms with van der Waals surface area (Å²) in [6.45, 7) is 11.9. The summed E-state index contributed by atoms with van der Waals surface area (Å²) < 4.78 is 5.70. The molecule has 0 bridgehead atoms. The van der Waals surface area contributed by atoms with Crippen molar-refractivity contribution < 1.29 is 9.53 Å². The second-order valence-electron chi connectivity index (χ2n) is 5.12. The Kier molecular flexibility index (Phi) is 4.93. The highest BCUT2D eigenvalue weighted by molar-refractivity contribution is 5.86. The van der Waals surface area contributed by atoms with Crippen molar-refractivity contribution in [3.8, 4) is 0 Å². The van der Waals surface area contributed by atoms with E-state index < -0.39 is 0 Å². The highest BCUT2D eigenvalue weighted by Crippen LogP contribution is 2.26. The lowest BCUT2D eigenvalue weighted by atomic mass is 9.97. The van der Waals surface area contributed by atoms with E-state index >= 15 is 0 Å². The lowest BCUT2D eigenvalue weighted by Gasteiger charge is -2.30. The molecule has 1 saturated heterocycles. The third-order valence-corrected chi connectivity index (χ3v) is 3.29. The van der Waals surface area contributed by atoms with E-state index in [1.807, 2.05) is 20.8 Å². The van der Waals surface area contributed by atoms with Gasteiger partial charge in [0.2, 0.25) is 0 Å². The monoisotopic (exact) mass is 227 g/mol. The van der Waals surface area contributed by atoms with E-state index in [0.717, 1.165) is 13.0 Å². The van der Waals surface area contributed by atoms with Gasteiger partial charge in [-0.05, 0) is 27.2 Å². The molecular formula is C13H25NO2. The molecule has 1 aliphatic rings. The second kappa shape index (κ2) is 5.78. The number of likely N-dealkylation sites (tertiary alicyclic amines) is 1. The summed E-state index contributed by atoms with van der Waals surface area (Å²) in [4.78, 5) is 14.5. The Balaban J connectivity index is 2.80. The molecule has 3 heteroatoms. The SMILES string of the molecule is CCO[C@H]1CCN(C(C)C)[C@@H]1C(=O)C(C)C. The van der Waals surface area contributed by atoms with Gasteiger partial charge in [0.15, 0.2) is 5.78 Å². The molecule has 1 fully saturated rings. The van der Waals surface area contributed by atoms with Gasteiger partial charge in [0.05, 0.1) is 12.1 Å². The van der Waals surface area contributed by atoms with Gasteiger partial charge < -0.3 is 4.74 Å². The highest BCUT2D eigenvalue weighted by atomic mass is 16.5. The Morgan fingerprint density at radius 1 is 1.38 bits per heavy atom. The lowest BCUT2D eigenvalue weighted by molar-refractivity contribution is -0.130. The van der Waals surface area contributed by atoms with Crippen LogP contribution in [0, 0.1) is 5.92 Å². The first-order valence-electron chi connectivity index (χ1n) is 6.40. The summed E-state index contributed by atoms with van der Waals surface area (Å²) in [5, 5.41) is 0. The zero-order chi connectivity index (χ0) is 12.3. The normalized spacial score (nSPS) is 26.9. The second-order valence-corrected chi connectivity index (χ2v) is 5.12. The van der Waals surface area contributed by atoms with Crippen molar-refractivity contribution in [3.05, 3.63) is 0 Å². The summed E-state index contributed by atoms with van der Waals surface area (Å²) in [5.41, 5.74) is 0. The molecule has 0 radical (unpaired) electrons. The molecule has 0 spiro atoms. The number of ketones is 1. The molecule has 0 amide bonds. The number of carbonyl (C=O) groups excluding carboxylic acids is 1. The fourth-order valence-corrected chi connectivity index (χ4v) is 2.44. The molecule has 2 atom stereocenters. The summed E-state index contributed by atoms with van der Waals surface area (Å²) in [6.07, 6.45) is 1.08. The molecule has 3 nitrogen and oxygen atoms in total. The maximum Gasteiger partial charge on any atom is 0.155 e. The van der Waals surface area contributed by atoms with E-state index in [9.17, 15) is 4.79 Å². The number of hydrogen-bond acceptors (Lipinski definition) is 3. The van der Waals surface area contributed by atoms with Crippen molar-refractivity contribution in [2.24, 2.45) is 5.92 Å². The molecule has 94 valence electrons. The van der Waals surface area contributed by atoms with Crippen molar-refractivity contribution in [3.63, 3.8) is 0 Å². The predicted octanol–water partition coefficient (Wildman–Crippen LogP) is 2.10. The van der Waals surface area contributed by atoms with E-state index in [1.54, 1.807) is 0 Å². The first kappa shape index (κ1) is 13.7. The van der Waals surface area contributed by atoms with Gasteiger partial charge in [-0.25, -0.2) is 0 Å².